The summed E-state index contributed by atoms with van der Waals surface area (Å²) >= 11 is 0. The standard InChI is InChI=1S/C15H20FN/c1-2-4-10-9-15(10)17-14-8-7-11-12(14)5-3-6-13(11)16/h3,5-6,10,14-15,17H,2,4,7-9H2,1H3. The Hall–Kier alpha value is -0.890. The van der Waals surface area contributed by atoms with E-state index in [1.807, 2.05) is 6.07 Å². The van der Waals surface area contributed by atoms with E-state index >= 15 is 0 Å². The van der Waals surface area contributed by atoms with E-state index in [-0.39, 0.29) is 5.82 Å². The molecule has 0 radical (unpaired) electrons. The molecule has 2 aliphatic carbocycles. The van der Waals surface area contributed by atoms with Crippen LogP contribution < -0.4 is 5.32 Å². The molecule has 2 heteroatoms. The molecule has 1 fully saturated rings. The lowest BCUT2D eigenvalue weighted by atomic mass is 10.1. The number of hydrogen-bond donors (Lipinski definition) is 1. The number of hydrogen-bond acceptors (Lipinski definition) is 1. The minimum Gasteiger partial charge on any atom is -0.307 e. The zero-order valence-corrected chi connectivity index (χ0v) is 10.4. The fourth-order valence-corrected chi connectivity index (χ4v) is 3.18. The van der Waals surface area contributed by atoms with Crippen molar-refractivity contribution in [3.63, 3.8) is 0 Å². The van der Waals surface area contributed by atoms with Gasteiger partial charge in [0.15, 0.2) is 0 Å². The Labute approximate surface area is 102 Å². The maximum atomic E-state index is 13.6. The number of halogens is 1. The lowest BCUT2D eigenvalue weighted by molar-refractivity contribution is 0.498. The number of nitrogens with one attached hydrogen (secondary N) is 1. The SMILES string of the molecule is CCCC1CC1NC1CCc2c(F)cccc21. The zero-order chi connectivity index (χ0) is 11.8. The molecule has 1 aromatic carbocycles. The predicted octanol–water partition coefficient (Wildman–Crippen LogP) is 3.59. The topological polar surface area (TPSA) is 12.0 Å². The summed E-state index contributed by atoms with van der Waals surface area (Å²) in [5, 5.41) is 3.70. The first-order valence-electron chi connectivity index (χ1n) is 6.83. The molecule has 0 heterocycles. The fourth-order valence-electron chi connectivity index (χ4n) is 3.18. The van der Waals surface area contributed by atoms with Crippen LogP contribution in [0.25, 0.3) is 0 Å². The quantitative estimate of drug-likeness (QED) is 0.838. The molecule has 3 atom stereocenters. The van der Waals surface area contributed by atoms with Crippen LogP contribution in [0.1, 0.15) is 49.8 Å². The van der Waals surface area contributed by atoms with Crippen LogP contribution >= 0.6 is 0 Å². The molecule has 1 saturated carbocycles. The summed E-state index contributed by atoms with van der Waals surface area (Å²) in [6.07, 6.45) is 5.88. The van der Waals surface area contributed by atoms with E-state index in [0.717, 1.165) is 24.3 Å². The first-order valence-corrected chi connectivity index (χ1v) is 6.83. The molecule has 0 aromatic heterocycles. The van der Waals surface area contributed by atoms with Gasteiger partial charge in [0.05, 0.1) is 0 Å². The lowest BCUT2D eigenvalue weighted by Crippen LogP contribution is -2.23. The molecule has 92 valence electrons. The van der Waals surface area contributed by atoms with E-state index in [4.69, 9.17) is 0 Å². The van der Waals surface area contributed by atoms with E-state index in [1.54, 1.807) is 6.07 Å². The van der Waals surface area contributed by atoms with Gasteiger partial charge in [0.25, 0.3) is 0 Å². The first-order chi connectivity index (χ1) is 8.29. The summed E-state index contributed by atoms with van der Waals surface area (Å²) in [6.45, 7) is 2.25. The van der Waals surface area contributed by atoms with Gasteiger partial charge in [-0.05, 0) is 48.8 Å². The van der Waals surface area contributed by atoms with Crippen LogP contribution in [0.5, 0.6) is 0 Å². The van der Waals surface area contributed by atoms with Crippen LogP contribution in [-0.2, 0) is 6.42 Å². The highest BCUT2D eigenvalue weighted by Crippen LogP contribution is 2.40. The molecule has 0 aliphatic heterocycles. The van der Waals surface area contributed by atoms with Crippen LogP contribution in [-0.4, -0.2) is 6.04 Å². The predicted molar refractivity (Wildman–Crippen MR) is 67.4 cm³/mol. The van der Waals surface area contributed by atoms with Crippen LogP contribution in [0.15, 0.2) is 18.2 Å². The molecule has 3 unspecified atom stereocenters. The number of benzene rings is 1. The van der Waals surface area contributed by atoms with Gasteiger partial charge in [-0.1, -0.05) is 25.5 Å². The van der Waals surface area contributed by atoms with Crippen LogP contribution in [0.3, 0.4) is 0 Å². The zero-order valence-electron chi connectivity index (χ0n) is 10.4. The molecule has 0 bridgehead atoms. The third-order valence-corrected chi connectivity index (χ3v) is 4.21. The molecule has 0 amide bonds. The molecule has 1 nitrogen and oxygen atoms in total. The van der Waals surface area contributed by atoms with Gasteiger partial charge in [0.2, 0.25) is 0 Å². The maximum Gasteiger partial charge on any atom is 0.126 e. The third-order valence-electron chi connectivity index (χ3n) is 4.21. The Morgan fingerprint density at radius 1 is 1.41 bits per heavy atom. The van der Waals surface area contributed by atoms with Crippen LogP contribution in [0.2, 0.25) is 0 Å². The molecule has 1 N–H and O–H groups in total. The van der Waals surface area contributed by atoms with E-state index in [9.17, 15) is 4.39 Å². The summed E-state index contributed by atoms with van der Waals surface area (Å²) in [4.78, 5) is 0. The highest BCUT2D eigenvalue weighted by atomic mass is 19.1. The molecular formula is C15H20FN. The maximum absolute atomic E-state index is 13.6. The van der Waals surface area contributed by atoms with E-state index in [2.05, 4.69) is 18.3 Å². The van der Waals surface area contributed by atoms with Gasteiger partial charge in [0.1, 0.15) is 5.82 Å². The Bertz CT molecular complexity index is 415. The molecule has 2 aliphatic rings. The Morgan fingerprint density at radius 3 is 3.12 bits per heavy atom. The second-order valence-corrected chi connectivity index (χ2v) is 5.46. The van der Waals surface area contributed by atoms with Crippen molar-refractivity contribution in [2.24, 2.45) is 5.92 Å². The van der Waals surface area contributed by atoms with Crippen molar-refractivity contribution in [2.45, 2.75) is 51.1 Å². The third kappa shape index (κ3) is 2.11. The minimum absolute atomic E-state index is 0.0206. The smallest absolute Gasteiger partial charge is 0.126 e. The van der Waals surface area contributed by atoms with E-state index in [1.165, 1.54) is 24.8 Å². The van der Waals surface area contributed by atoms with Crippen LogP contribution in [0, 0.1) is 11.7 Å². The average Bonchev–Trinajstić information content (AvgIpc) is 2.89. The molecule has 0 spiro atoms. The monoisotopic (exact) mass is 233 g/mol. The number of rotatable bonds is 4. The second kappa shape index (κ2) is 4.41. The Balaban J connectivity index is 1.67. The number of fused-ring (bicyclic) bond motifs is 1. The van der Waals surface area contributed by atoms with Crippen molar-refractivity contribution in [1.29, 1.82) is 0 Å². The summed E-state index contributed by atoms with van der Waals surface area (Å²) in [5.74, 6) is 0.852. The van der Waals surface area contributed by atoms with Gasteiger partial charge in [-0.25, -0.2) is 4.39 Å². The highest BCUT2D eigenvalue weighted by Gasteiger charge is 2.38. The summed E-state index contributed by atoms with van der Waals surface area (Å²) in [5.41, 5.74) is 2.14. The minimum atomic E-state index is -0.0206. The molecule has 0 saturated heterocycles. The molecule has 17 heavy (non-hydrogen) atoms. The van der Waals surface area contributed by atoms with Crippen LogP contribution in [0.4, 0.5) is 4.39 Å². The van der Waals surface area contributed by atoms with Gasteiger partial charge in [-0.2, -0.15) is 0 Å². The summed E-state index contributed by atoms with van der Waals surface area (Å²) in [7, 11) is 0. The van der Waals surface area contributed by atoms with E-state index < -0.39 is 0 Å². The Morgan fingerprint density at radius 2 is 2.29 bits per heavy atom. The first kappa shape index (κ1) is 11.2. The van der Waals surface area contributed by atoms with Gasteiger partial charge < -0.3 is 5.32 Å². The summed E-state index contributed by atoms with van der Waals surface area (Å²) in [6, 6.07) is 6.59. The molecule has 3 rings (SSSR count). The van der Waals surface area contributed by atoms with E-state index in [0.29, 0.717) is 12.1 Å². The molecular weight excluding hydrogens is 213 g/mol. The fraction of sp³-hybridized carbons (Fsp3) is 0.600. The van der Waals surface area contributed by atoms with Gasteiger partial charge >= 0.3 is 0 Å². The van der Waals surface area contributed by atoms with Crippen molar-refractivity contribution >= 4 is 0 Å². The van der Waals surface area contributed by atoms with Crippen molar-refractivity contribution in [2.75, 3.05) is 0 Å². The van der Waals surface area contributed by atoms with Crippen molar-refractivity contribution in [1.82, 2.24) is 5.32 Å². The normalized spacial score (nSPS) is 30.4. The van der Waals surface area contributed by atoms with Crippen molar-refractivity contribution < 1.29 is 4.39 Å². The summed E-state index contributed by atoms with van der Waals surface area (Å²) < 4.78 is 13.6. The second-order valence-electron chi connectivity index (χ2n) is 5.46. The van der Waals surface area contributed by atoms with Gasteiger partial charge in [0, 0.05) is 12.1 Å². The molecule has 1 aromatic rings. The Kier molecular flexibility index (Phi) is 2.91. The van der Waals surface area contributed by atoms with Gasteiger partial charge in [-0.15, -0.1) is 0 Å². The van der Waals surface area contributed by atoms with Gasteiger partial charge in [-0.3, -0.25) is 0 Å². The van der Waals surface area contributed by atoms with Crippen molar-refractivity contribution in [3.8, 4) is 0 Å². The average molecular weight is 233 g/mol. The highest BCUT2D eigenvalue weighted by molar-refractivity contribution is 5.35. The largest absolute Gasteiger partial charge is 0.307 e. The van der Waals surface area contributed by atoms with Crippen molar-refractivity contribution in [3.05, 3.63) is 35.1 Å². The lowest BCUT2D eigenvalue weighted by Gasteiger charge is -2.14.